The summed E-state index contributed by atoms with van der Waals surface area (Å²) in [6, 6.07) is 15.3. The topological polar surface area (TPSA) is 132 Å². The molecule has 9 nitrogen and oxygen atoms in total. The van der Waals surface area contributed by atoms with E-state index in [4.69, 9.17) is 4.74 Å². The summed E-state index contributed by atoms with van der Waals surface area (Å²) in [6.45, 7) is 3.86. The maximum Gasteiger partial charge on any atom is 0.109 e. The molecule has 4 atom stereocenters. The summed E-state index contributed by atoms with van der Waals surface area (Å²) >= 11 is 0. The van der Waals surface area contributed by atoms with E-state index >= 15 is 0 Å². The predicted octanol–water partition coefficient (Wildman–Crippen LogP) is 0.266. The third kappa shape index (κ3) is 5.67. The van der Waals surface area contributed by atoms with E-state index in [0.717, 1.165) is 35.6 Å². The van der Waals surface area contributed by atoms with Gasteiger partial charge in [-0.2, -0.15) is 5.26 Å². The molecule has 4 rings (SSSR count). The smallest absolute Gasteiger partial charge is 0.109 e. The highest BCUT2D eigenvalue weighted by Gasteiger charge is 2.40. The molecule has 5 N–H and O–H groups in total. The number of β-amino-alcohol motifs (C(OH)–C–C–N with tert-alkyl or cyclic N) is 1. The predicted molar refractivity (Wildman–Crippen MR) is 127 cm³/mol. The quantitative estimate of drug-likeness (QED) is 0.388. The van der Waals surface area contributed by atoms with Crippen LogP contribution < -0.4 is 10.2 Å². The van der Waals surface area contributed by atoms with Gasteiger partial charge in [-0.3, -0.25) is 4.90 Å². The van der Waals surface area contributed by atoms with Crippen LogP contribution in [0.3, 0.4) is 0 Å². The molecule has 2 saturated heterocycles. The number of nitrogens with zero attached hydrogens (tertiary/aromatic N) is 3. The molecule has 182 valence electrons. The average molecular weight is 469 g/mol. The van der Waals surface area contributed by atoms with Crippen LogP contribution >= 0.6 is 0 Å². The first kappa shape index (κ1) is 24.4. The number of aliphatic hydroxyl groups excluding tert-OH is 4. The third-order valence-corrected chi connectivity index (χ3v) is 6.54. The van der Waals surface area contributed by atoms with Gasteiger partial charge in [0.05, 0.1) is 43.6 Å². The minimum atomic E-state index is -1.26. The number of piperidine rings is 1. The second-order valence-electron chi connectivity index (χ2n) is 8.88. The van der Waals surface area contributed by atoms with Crippen LogP contribution in [0.4, 0.5) is 11.4 Å². The van der Waals surface area contributed by atoms with Crippen molar-refractivity contribution in [2.75, 3.05) is 49.7 Å². The van der Waals surface area contributed by atoms with Gasteiger partial charge < -0.3 is 35.4 Å². The van der Waals surface area contributed by atoms with E-state index in [9.17, 15) is 25.7 Å². The normalized spacial score (nSPS) is 25.7. The first-order valence-corrected chi connectivity index (χ1v) is 11.6. The number of ether oxygens (including phenoxy) is 1. The maximum absolute atomic E-state index is 10.2. The van der Waals surface area contributed by atoms with Crippen molar-refractivity contribution in [2.45, 2.75) is 37.4 Å². The van der Waals surface area contributed by atoms with Crippen LogP contribution in [0.25, 0.3) is 0 Å². The van der Waals surface area contributed by atoms with Gasteiger partial charge in [-0.25, -0.2) is 0 Å². The molecule has 0 unspecified atom stereocenters. The van der Waals surface area contributed by atoms with Crippen molar-refractivity contribution in [3.8, 4) is 6.07 Å². The van der Waals surface area contributed by atoms with Crippen molar-refractivity contribution in [1.82, 2.24) is 4.90 Å². The van der Waals surface area contributed by atoms with Crippen LogP contribution in [0.15, 0.2) is 42.5 Å². The monoisotopic (exact) mass is 468 g/mol. The third-order valence-electron chi connectivity index (χ3n) is 6.54. The molecule has 34 heavy (non-hydrogen) atoms. The molecule has 0 bridgehead atoms. The lowest BCUT2D eigenvalue weighted by molar-refractivity contribution is -0.147. The Morgan fingerprint density at radius 1 is 1.00 bits per heavy atom. The van der Waals surface area contributed by atoms with Gasteiger partial charge in [0.2, 0.25) is 0 Å². The number of nitriles is 1. The van der Waals surface area contributed by atoms with Crippen molar-refractivity contribution in [1.29, 1.82) is 5.26 Å². The Labute approximate surface area is 199 Å². The Morgan fingerprint density at radius 2 is 1.71 bits per heavy atom. The van der Waals surface area contributed by atoms with E-state index in [1.165, 1.54) is 0 Å². The van der Waals surface area contributed by atoms with Crippen molar-refractivity contribution < 1.29 is 25.2 Å². The van der Waals surface area contributed by atoms with Gasteiger partial charge in [-0.15, -0.1) is 0 Å². The van der Waals surface area contributed by atoms with E-state index in [1.54, 1.807) is 4.90 Å². The molecule has 2 aromatic rings. The molecule has 0 aromatic heterocycles. The number of nitrogens with one attached hydrogen (secondary N) is 1. The molecule has 0 saturated carbocycles. The maximum atomic E-state index is 10.2. The molecule has 2 fully saturated rings. The van der Waals surface area contributed by atoms with Crippen molar-refractivity contribution in [2.24, 2.45) is 0 Å². The summed E-state index contributed by atoms with van der Waals surface area (Å²) in [7, 11) is 0. The standard InChI is InChI=1S/C25H32N4O5/c26-12-19-9-20(11-21(10-19)28-5-7-34-8-6-28)27-13-17-1-3-18(4-2-17)14-29-15-23(31)25(33)24(32)22(29)16-30/h1-4,9-11,22-25,27,30-33H,5-8,13-16H2/t22-,23+,24-,25-/m1/s1. The van der Waals surface area contributed by atoms with Gasteiger partial charge in [0.25, 0.3) is 0 Å². The first-order valence-electron chi connectivity index (χ1n) is 11.6. The summed E-state index contributed by atoms with van der Waals surface area (Å²) in [5, 5.41) is 52.5. The Kier molecular flexibility index (Phi) is 8.00. The van der Waals surface area contributed by atoms with Crippen molar-refractivity contribution in [3.05, 3.63) is 59.2 Å². The number of morpholine rings is 1. The van der Waals surface area contributed by atoms with Gasteiger partial charge in [0, 0.05) is 44.1 Å². The molecule has 9 heteroatoms. The zero-order chi connectivity index (χ0) is 24.1. The fourth-order valence-electron chi connectivity index (χ4n) is 4.54. The molecular formula is C25H32N4O5. The number of benzene rings is 2. The first-order chi connectivity index (χ1) is 16.5. The number of anilines is 2. The minimum absolute atomic E-state index is 0.174. The zero-order valence-electron chi connectivity index (χ0n) is 19.0. The molecule has 0 amide bonds. The Hall–Kier alpha value is -2.71. The van der Waals surface area contributed by atoms with E-state index < -0.39 is 24.4 Å². The minimum Gasteiger partial charge on any atom is -0.395 e. The summed E-state index contributed by atoms with van der Waals surface area (Å²) in [6.07, 6.45) is -3.53. The van der Waals surface area contributed by atoms with E-state index in [1.807, 2.05) is 36.4 Å². The fraction of sp³-hybridized carbons (Fsp3) is 0.480. The summed E-state index contributed by atoms with van der Waals surface area (Å²) in [5.41, 5.74) is 4.53. The van der Waals surface area contributed by atoms with Crippen LogP contribution in [0.5, 0.6) is 0 Å². The second-order valence-corrected chi connectivity index (χ2v) is 8.88. The van der Waals surface area contributed by atoms with E-state index in [-0.39, 0.29) is 13.2 Å². The highest BCUT2D eigenvalue weighted by Crippen LogP contribution is 2.24. The largest absolute Gasteiger partial charge is 0.395 e. The molecular weight excluding hydrogens is 436 g/mol. The number of hydrogen-bond donors (Lipinski definition) is 5. The van der Waals surface area contributed by atoms with Crippen LogP contribution in [0, 0.1) is 11.3 Å². The zero-order valence-corrected chi connectivity index (χ0v) is 19.0. The molecule has 2 heterocycles. The van der Waals surface area contributed by atoms with Gasteiger partial charge in [0.1, 0.15) is 12.2 Å². The molecule has 0 radical (unpaired) electrons. The highest BCUT2D eigenvalue weighted by atomic mass is 16.5. The highest BCUT2D eigenvalue weighted by molar-refractivity contribution is 5.63. The number of aliphatic hydroxyl groups is 4. The lowest BCUT2D eigenvalue weighted by Crippen LogP contribution is -2.62. The lowest BCUT2D eigenvalue weighted by atomic mass is 9.93. The summed E-state index contributed by atoms with van der Waals surface area (Å²) in [4.78, 5) is 4.01. The molecule has 0 spiro atoms. The summed E-state index contributed by atoms with van der Waals surface area (Å²) < 4.78 is 5.42. The van der Waals surface area contributed by atoms with Gasteiger partial charge in [-0.1, -0.05) is 24.3 Å². The van der Waals surface area contributed by atoms with E-state index in [2.05, 4.69) is 22.4 Å². The van der Waals surface area contributed by atoms with Crippen LogP contribution in [0.2, 0.25) is 0 Å². The number of hydrogen-bond acceptors (Lipinski definition) is 9. The van der Waals surface area contributed by atoms with Crippen LogP contribution in [-0.2, 0) is 17.8 Å². The fourth-order valence-corrected chi connectivity index (χ4v) is 4.54. The van der Waals surface area contributed by atoms with Gasteiger partial charge in [0.15, 0.2) is 0 Å². The molecule has 2 aromatic carbocycles. The van der Waals surface area contributed by atoms with Crippen molar-refractivity contribution in [3.63, 3.8) is 0 Å². The van der Waals surface area contributed by atoms with Gasteiger partial charge >= 0.3 is 0 Å². The second kappa shape index (κ2) is 11.1. The number of rotatable bonds is 7. The summed E-state index contributed by atoms with van der Waals surface area (Å²) in [5.74, 6) is 0. The van der Waals surface area contributed by atoms with Crippen molar-refractivity contribution >= 4 is 11.4 Å². The Morgan fingerprint density at radius 3 is 2.38 bits per heavy atom. The van der Waals surface area contributed by atoms with Gasteiger partial charge in [-0.05, 0) is 29.3 Å². The SMILES string of the molecule is N#Cc1cc(NCc2ccc(CN3C[C@H](O)[C@@H](O)[C@H](O)[C@H]3CO)cc2)cc(N2CCOCC2)c1. The molecule has 2 aliphatic rings. The van der Waals surface area contributed by atoms with Crippen LogP contribution in [-0.4, -0.2) is 89.1 Å². The molecule has 2 aliphatic heterocycles. The van der Waals surface area contributed by atoms with Crippen LogP contribution in [0.1, 0.15) is 16.7 Å². The molecule has 0 aliphatic carbocycles. The lowest BCUT2D eigenvalue weighted by Gasteiger charge is -2.43. The average Bonchev–Trinajstić information content (AvgIpc) is 2.87. The Balaban J connectivity index is 1.38. The number of likely N-dealkylation sites (tertiary alicyclic amines) is 1. The van der Waals surface area contributed by atoms with E-state index in [0.29, 0.717) is 31.9 Å². The Bertz CT molecular complexity index is 990.